The third kappa shape index (κ3) is 4.94. The summed E-state index contributed by atoms with van der Waals surface area (Å²) in [5.74, 6) is 1.22. The predicted octanol–water partition coefficient (Wildman–Crippen LogP) is 8.33. The van der Waals surface area contributed by atoms with Crippen LogP contribution >= 0.6 is 34.2 Å². The highest BCUT2D eigenvalue weighted by molar-refractivity contribution is 14.1. The van der Waals surface area contributed by atoms with Gasteiger partial charge in [0.25, 0.3) is 0 Å². The summed E-state index contributed by atoms with van der Waals surface area (Å²) in [6, 6.07) is 13.7. The van der Waals surface area contributed by atoms with E-state index in [0.29, 0.717) is 18.3 Å². The summed E-state index contributed by atoms with van der Waals surface area (Å²) >= 11 is 8.66. The summed E-state index contributed by atoms with van der Waals surface area (Å²) in [5.41, 5.74) is 4.65. The molecule has 0 amide bonds. The Labute approximate surface area is 226 Å². The number of aromatic nitrogens is 3. The van der Waals surface area contributed by atoms with E-state index in [2.05, 4.69) is 55.4 Å². The van der Waals surface area contributed by atoms with Crippen LogP contribution in [0.15, 0.2) is 48.5 Å². The minimum absolute atomic E-state index is 0.159. The molecule has 0 aliphatic heterocycles. The number of aryl methyl sites for hydroxylation is 1. The Morgan fingerprint density at radius 1 is 1.14 bits per heavy atom. The number of nitrogens with zero attached hydrogens (tertiary/aromatic N) is 3. The molecular formula is C27H25ClF3IN4. The second-order valence-corrected chi connectivity index (χ2v) is 10.9. The number of fused-ring (bicyclic) bond motifs is 1. The van der Waals surface area contributed by atoms with Crippen molar-refractivity contribution in [3.8, 4) is 11.3 Å². The average molecular weight is 625 g/mol. The lowest BCUT2D eigenvalue weighted by Gasteiger charge is -2.32. The molecule has 0 bridgehead atoms. The van der Waals surface area contributed by atoms with Crippen LogP contribution in [0.3, 0.4) is 0 Å². The summed E-state index contributed by atoms with van der Waals surface area (Å²) < 4.78 is 42.5. The first kappa shape index (κ1) is 25.3. The monoisotopic (exact) mass is 624 g/mol. The highest BCUT2D eigenvalue weighted by atomic mass is 127. The van der Waals surface area contributed by atoms with Gasteiger partial charge in [0.15, 0.2) is 5.82 Å². The van der Waals surface area contributed by atoms with E-state index in [1.807, 2.05) is 25.1 Å². The van der Waals surface area contributed by atoms with Gasteiger partial charge in [0, 0.05) is 12.6 Å². The number of hydrogen-bond acceptors (Lipinski definition) is 3. The molecule has 4 aromatic rings. The Kier molecular flexibility index (Phi) is 6.93. The number of rotatable bonds is 6. The van der Waals surface area contributed by atoms with E-state index >= 15 is 0 Å². The van der Waals surface area contributed by atoms with Crippen molar-refractivity contribution in [2.45, 2.75) is 51.9 Å². The quantitative estimate of drug-likeness (QED) is 0.173. The molecule has 0 saturated heterocycles. The molecular weight excluding hydrogens is 600 g/mol. The molecule has 2 heterocycles. The predicted molar refractivity (Wildman–Crippen MR) is 146 cm³/mol. The first-order valence-electron chi connectivity index (χ1n) is 11.9. The topological polar surface area (TPSA) is 42.7 Å². The molecule has 0 spiro atoms. The van der Waals surface area contributed by atoms with Crippen molar-refractivity contribution in [1.29, 1.82) is 0 Å². The maximum Gasteiger partial charge on any atom is 0.416 e. The van der Waals surface area contributed by atoms with Crippen molar-refractivity contribution in [2.24, 2.45) is 5.92 Å². The number of halogens is 5. The van der Waals surface area contributed by atoms with Gasteiger partial charge < -0.3 is 9.88 Å². The maximum atomic E-state index is 13.1. The zero-order valence-electron chi connectivity index (χ0n) is 19.8. The number of benzene rings is 2. The second kappa shape index (κ2) is 9.85. The minimum atomic E-state index is -4.37. The van der Waals surface area contributed by atoms with Crippen molar-refractivity contribution in [1.82, 2.24) is 14.5 Å². The molecule has 2 aromatic carbocycles. The minimum Gasteiger partial charge on any atom is -0.365 e. The van der Waals surface area contributed by atoms with E-state index in [-0.39, 0.29) is 11.3 Å². The first-order valence-corrected chi connectivity index (χ1v) is 13.3. The van der Waals surface area contributed by atoms with Gasteiger partial charge in [-0.1, -0.05) is 42.3 Å². The summed E-state index contributed by atoms with van der Waals surface area (Å²) in [4.78, 5) is 9.14. The van der Waals surface area contributed by atoms with Gasteiger partial charge >= 0.3 is 6.18 Å². The van der Waals surface area contributed by atoms with Crippen LogP contribution in [0.1, 0.15) is 42.9 Å². The molecule has 188 valence electrons. The van der Waals surface area contributed by atoms with Crippen molar-refractivity contribution in [3.05, 3.63) is 74.1 Å². The molecule has 2 aromatic heterocycles. The van der Waals surface area contributed by atoms with Gasteiger partial charge in [-0.2, -0.15) is 18.2 Å². The third-order valence-corrected chi connectivity index (χ3v) is 8.14. The number of hydrogen-bond donors (Lipinski definition) is 1. The average Bonchev–Trinajstić information content (AvgIpc) is 3.03. The fraction of sp³-hybridized carbons (Fsp3) is 0.333. The van der Waals surface area contributed by atoms with Crippen molar-refractivity contribution in [3.63, 3.8) is 0 Å². The number of nitrogens with one attached hydrogen (secondary N) is 1. The zero-order chi connectivity index (χ0) is 25.6. The standard InChI is InChI=1S/C27H25ClF3IN4/c1-15-5-3-8-19(13-15)23-21(32)22-24(25(35-26(28)34-22)33-16(2)18-6-4-7-18)36(23)14-17-9-11-20(12-10-17)27(29,30)31/h3,5,8-13,16,18H,4,6-7,14H2,1-2H3,(H,33,34,35)/t16-/m1/s1. The Bertz CT molecular complexity index is 1410. The van der Waals surface area contributed by atoms with Gasteiger partial charge in [-0.15, -0.1) is 0 Å². The first-order chi connectivity index (χ1) is 17.1. The Morgan fingerprint density at radius 2 is 1.86 bits per heavy atom. The van der Waals surface area contributed by atoms with Crippen LogP contribution in [0.5, 0.6) is 0 Å². The molecule has 1 aliphatic rings. The molecule has 1 fully saturated rings. The molecule has 5 rings (SSSR count). The van der Waals surface area contributed by atoms with Gasteiger partial charge in [0.2, 0.25) is 5.28 Å². The highest BCUT2D eigenvalue weighted by Gasteiger charge is 2.30. The Hall–Kier alpha value is -2.33. The van der Waals surface area contributed by atoms with Crippen LogP contribution in [0.25, 0.3) is 22.3 Å². The summed E-state index contributed by atoms with van der Waals surface area (Å²) in [6.45, 7) is 4.54. The van der Waals surface area contributed by atoms with Gasteiger partial charge in [0.1, 0.15) is 11.0 Å². The smallest absolute Gasteiger partial charge is 0.365 e. The normalized spacial score (nSPS) is 15.2. The SMILES string of the molecule is Cc1cccc(-c2c(I)c3nc(Cl)nc(N[C@H](C)C4CCC4)c3n2Cc2ccc(C(F)(F)F)cc2)c1. The van der Waals surface area contributed by atoms with E-state index in [0.717, 1.165) is 49.1 Å². The molecule has 4 nitrogen and oxygen atoms in total. The lowest BCUT2D eigenvalue weighted by Crippen LogP contribution is -2.31. The van der Waals surface area contributed by atoms with Crippen LogP contribution in [0.4, 0.5) is 19.0 Å². The number of alkyl halides is 3. The molecule has 0 unspecified atom stereocenters. The molecule has 1 atom stereocenters. The molecule has 0 radical (unpaired) electrons. The molecule has 1 N–H and O–H groups in total. The van der Waals surface area contributed by atoms with Gasteiger partial charge in [-0.3, -0.25) is 0 Å². The van der Waals surface area contributed by atoms with E-state index in [9.17, 15) is 13.2 Å². The van der Waals surface area contributed by atoms with E-state index in [1.54, 1.807) is 0 Å². The maximum absolute atomic E-state index is 13.1. The molecule has 36 heavy (non-hydrogen) atoms. The summed E-state index contributed by atoms with van der Waals surface area (Å²) in [6.07, 6.45) is -0.792. The number of anilines is 1. The molecule has 1 saturated carbocycles. The van der Waals surface area contributed by atoms with Crippen LogP contribution in [0.2, 0.25) is 5.28 Å². The molecule has 1 aliphatic carbocycles. The Morgan fingerprint density at radius 3 is 2.47 bits per heavy atom. The highest BCUT2D eigenvalue weighted by Crippen LogP contribution is 2.39. The van der Waals surface area contributed by atoms with Crippen LogP contribution in [-0.2, 0) is 12.7 Å². The summed E-state index contributed by atoms with van der Waals surface area (Å²) in [7, 11) is 0. The second-order valence-electron chi connectivity index (χ2n) is 9.48. The molecule has 9 heteroatoms. The Balaban J connectivity index is 1.68. The van der Waals surface area contributed by atoms with E-state index in [1.165, 1.54) is 31.4 Å². The lowest BCUT2D eigenvalue weighted by molar-refractivity contribution is -0.137. The van der Waals surface area contributed by atoms with Crippen molar-refractivity contribution >= 4 is 51.0 Å². The van der Waals surface area contributed by atoms with Crippen LogP contribution in [-0.4, -0.2) is 20.6 Å². The third-order valence-electron chi connectivity index (χ3n) is 6.95. The van der Waals surface area contributed by atoms with Crippen molar-refractivity contribution in [2.75, 3.05) is 5.32 Å². The largest absolute Gasteiger partial charge is 0.416 e. The van der Waals surface area contributed by atoms with Crippen LogP contribution < -0.4 is 5.32 Å². The van der Waals surface area contributed by atoms with E-state index < -0.39 is 11.7 Å². The zero-order valence-corrected chi connectivity index (χ0v) is 22.7. The van der Waals surface area contributed by atoms with Gasteiger partial charge in [-0.25, -0.2) is 4.98 Å². The summed E-state index contributed by atoms with van der Waals surface area (Å²) in [5, 5.41) is 3.74. The fourth-order valence-corrected chi connectivity index (χ4v) is 5.92. The fourth-order valence-electron chi connectivity index (χ4n) is 4.77. The van der Waals surface area contributed by atoms with Gasteiger partial charge in [-0.05, 0) is 96.1 Å². The van der Waals surface area contributed by atoms with Crippen molar-refractivity contribution < 1.29 is 13.2 Å². The van der Waals surface area contributed by atoms with E-state index in [4.69, 9.17) is 11.6 Å². The lowest BCUT2D eigenvalue weighted by atomic mass is 9.80. The van der Waals surface area contributed by atoms with Gasteiger partial charge in [0.05, 0.1) is 14.8 Å². The van der Waals surface area contributed by atoms with Crippen LogP contribution in [0, 0.1) is 16.4 Å².